The van der Waals surface area contributed by atoms with E-state index in [1.165, 1.54) is 0 Å². The quantitative estimate of drug-likeness (QED) is 0.728. The van der Waals surface area contributed by atoms with Crippen LogP contribution in [0.5, 0.6) is 0 Å². The maximum atomic E-state index is 12.7. The van der Waals surface area contributed by atoms with Gasteiger partial charge in [0.05, 0.1) is 0 Å². The molecule has 1 aliphatic carbocycles. The van der Waals surface area contributed by atoms with Crippen molar-refractivity contribution in [3.8, 4) is 0 Å². The molecule has 0 amide bonds. The van der Waals surface area contributed by atoms with Gasteiger partial charge >= 0.3 is 0 Å². The Labute approximate surface area is 137 Å². The lowest BCUT2D eigenvalue weighted by Gasteiger charge is -2.17. The van der Waals surface area contributed by atoms with E-state index in [2.05, 4.69) is 6.92 Å². The maximum absolute atomic E-state index is 12.7. The Kier molecular flexibility index (Phi) is 5.43. The molecule has 0 aliphatic heterocycles. The average Bonchev–Trinajstić information content (AvgIpc) is 2.58. The van der Waals surface area contributed by atoms with Crippen LogP contribution in [0, 0.1) is 0 Å². The van der Waals surface area contributed by atoms with Crippen molar-refractivity contribution in [3.05, 3.63) is 58.2 Å². The molecular formula is C20H22O3. The summed E-state index contributed by atoms with van der Waals surface area (Å²) in [5, 5.41) is 0. The van der Waals surface area contributed by atoms with Gasteiger partial charge in [-0.3, -0.25) is 14.4 Å². The molecule has 1 aliphatic rings. The summed E-state index contributed by atoms with van der Waals surface area (Å²) in [6.07, 6.45) is 4.56. The van der Waals surface area contributed by atoms with Gasteiger partial charge in [0.15, 0.2) is 17.3 Å². The first kappa shape index (κ1) is 17.1. The van der Waals surface area contributed by atoms with E-state index in [0.717, 1.165) is 12.8 Å². The first-order valence-corrected chi connectivity index (χ1v) is 8.14. The van der Waals surface area contributed by atoms with Crippen molar-refractivity contribution in [1.29, 1.82) is 0 Å². The number of carbonyl (C=O) groups is 3. The number of fused-ring (bicyclic) bond motifs is 1. The molecule has 0 heterocycles. The molecule has 2 rings (SSSR count). The first-order valence-electron chi connectivity index (χ1n) is 8.14. The van der Waals surface area contributed by atoms with Crippen LogP contribution < -0.4 is 0 Å². The lowest BCUT2D eigenvalue weighted by atomic mass is 9.83. The highest BCUT2D eigenvalue weighted by molar-refractivity contribution is 6.28. The summed E-state index contributed by atoms with van der Waals surface area (Å²) in [6.45, 7) is 5.53. The number of Topliss-reactive ketones (excluding diaryl/α,β-unsaturated/α-hetero) is 3. The maximum Gasteiger partial charge on any atom is 0.194 e. The van der Waals surface area contributed by atoms with Crippen LogP contribution in [-0.4, -0.2) is 17.3 Å². The molecule has 1 aromatic carbocycles. The van der Waals surface area contributed by atoms with E-state index < -0.39 is 0 Å². The van der Waals surface area contributed by atoms with Crippen LogP contribution in [-0.2, 0) is 4.79 Å². The smallest absolute Gasteiger partial charge is 0.194 e. The lowest BCUT2D eigenvalue weighted by Crippen LogP contribution is -2.20. The number of hydrogen-bond donors (Lipinski definition) is 0. The second-order valence-electron chi connectivity index (χ2n) is 5.79. The summed E-state index contributed by atoms with van der Waals surface area (Å²) >= 11 is 0. The van der Waals surface area contributed by atoms with Crippen LogP contribution in [0.25, 0.3) is 0 Å². The van der Waals surface area contributed by atoms with Gasteiger partial charge in [-0.25, -0.2) is 0 Å². The molecule has 0 saturated carbocycles. The SMILES string of the molecule is CCCCC(=CC1=C(C)C(=O)c2ccccc2C1=O)C(=O)CC. The molecule has 0 saturated heterocycles. The molecule has 1 aromatic rings. The lowest BCUT2D eigenvalue weighted by molar-refractivity contribution is -0.115. The highest BCUT2D eigenvalue weighted by Crippen LogP contribution is 2.28. The van der Waals surface area contributed by atoms with Crippen molar-refractivity contribution in [3.63, 3.8) is 0 Å². The number of rotatable bonds is 6. The Balaban J connectivity index is 2.50. The molecule has 0 unspecified atom stereocenters. The van der Waals surface area contributed by atoms with Crippen LogP contribution >= 0.6 is 0 Å². The van der Waals surface area contributed by atoms with E-state index in [9.17, 15) is 14.4 Å². The highest BCUT2D eigenvalue weighted by Gasteiger charge is 2.28. The van der Waals surface area contributed by atoms with Crippen LogP contribution in [0.3, 0.4) is 0 Å². The Morgan fingerprint density at radius 3 is 2.22 bits per heavy atom. The Bertz CT molecular complexity index is 720. The number of carbonyl (C=O) groups excluding carboxylic acids is 3. The van der Waals surface area contributed by atoms with Gasteiger partial charge in [0.2, 0.25) is 0 Å². The van der Waals surface area contributed by atoms with Crippen molar-refractivity contribution in [2.75, 3.05) is 0 Å². The molecule has 0 aromatic heterocycles. The molecule has 3 heteroatoms. The highest BCUT2D eigenvalue weighted by atomic mass is 16.1. The minimum Gasteiger partial charge on any atom is -0.295 e. The van der Waals surface area contributed by atoms with E-state index >= 15 is 0 Å². The van der Waals surface area contributed by atoms with Crippen molar-refractivity contribution in [2.45, 2.75) is 46.5 Å². The zero-order valence-electron chi connectivity index (χ0n) is 13.9. The number of hydrogen-bond acceptors (Lipinski definition) is 3. The number of unbranched alkanes of at least 4 members (excludes halogenated alkanes) is 1. The van der Waals surface area contributed by atoms with E-state index in [0.29, 0.717) is 40.7 Å². The van der Waals surface area contributed by atoms with Gasteiger partial charge in [-0.15, -0.1) is 0 Å². The molecule has 0 radical (unpaired) electrons. The second kappa shape index (κ2) is 7.32. The predicted molar refractivity (Wildman–Crippen MR) is 90.7 cm³/mol. The number of ketones is 3. The summed E-state index contributed by atoms with van der Waals surface area (Å²) < 4.78 is 0. The van der Waals surface area contributed by atoms with E-state index in [-0.39, 0.29) is 17.3 Å². The monoisotopic (exact) mass is 310 g/mol. The fourth-order valence-corrected chi connectivity index (χ4v) is 2.75. The van der Waals surface area contributed by atoms with Crippen molar-refractivity contribution in [1.82, 2.24) is 0 Å². The molecular weight excluding hydrogens is 288 g/mol. The van der Waals surface area contributed by atoms with Gasteiger partial charge in [0.25, 0.3) is 0 Å². The zero-order valence-corrected chi connectivity index (χ0v) is 13.9. The van der Waals surface area contributed by atoms with Crippen LogP contribution in [0.2, 0.25) is 0 Å². The third-order valence-corrected chi connectivity index (χ3v) is 4.20. The molecule has 3 nitrogen and oxygen atoms in total. The van der Waals surface area contributed by atoms with Gasteiger partial charge in [-0.05, 0) is 31.4 Å². The molecule has 0 spiro atoms. The molecule has 120 valence electrons. The molecule has 23 heavy (non-hydrogen) atoms. The van der Waals surface area contributed by atoms with Gasteiger partial charge in [0.1, 0.15) is 0 Å². The van der Waals surface area contributed by atoms with Crippen LogP contribution in [0.15, 0.2) is 47.1 Å². The fourth-order valence-electron chi connectivity index (χ4n) is 2.75. The topological polar surface area (TPSA) is 51.2 Å². The summed E-state index contributed by atoms with van der Waals surface area (Å²) in [5.41, 5.74) is 2.30. The van der Waals surface area contributed by atoms with E-state index in [1.54, 1.807) is 37.3 Å². The van der Waals surface area contributed by atoms with Crippen molar-refractivity contribution in [2.24, 2.45) is 0 Å². The standard InChI is InChI=1S/C20H22O3/c1-4-6-9-14(18(21)5-2)12-17-13(3)19(22)15-10-7-8-11-16(15)20(17)23/h7-8,10-12H,4-6,9H2,1-3H3. The molecule has 0 fully saturated rings. The van der Waals surface area contributed by atoms with Crippen LogP contribution in [0.1, 0.15) is 67.2 Å². The van der Waals surface area contributed by atoms with Gasteiger partial charge in [-0.1, -0.05) is 44.5 Å². The summed E-state index contributed by atoms with van der Waals surface area (Å²) in [6, 6.07) is 6.85. The summed E-state index contributed by atoms with van der Waals surface area (Å²) in [4.78, 5) is 37.4. The first-order chi connectivity index (χ1) is 11.0. The third kappa shape index (κ3) is 3.39. The van der Waals surface area contributed by atoms with Crippen LogP contribution in [0.4, 0.5) is 0 Å². The zero-order chi connectivity index (χ0) is 17.0. The fraction of sp³-hybridized carbons (Fsp3) is 0.350. The predicted octanol–water partition coefficient (Wildman–Crippen LogP) is 4.48. The summed E-state index contributed by atoms with van der Waals surface area (Å²) in [5.74, 6) is -0.265. The number of benzene rings is 1. The summed E-state index contributed by atoms with van der Waals surface area (Å²) in [7, 11) is 0. The Morgan fingerprint density at radius 2 is 1.65 bits per heavy atom. The number of allylic oxidation sites excluding steroid dienone is 4. The molecule has 0 atom stereocenters. The largest absolute Gasteiger partial charge is 0.295 e. The van der Waals surface area contributed by atoms with E-state index in [1.807, 2.05) is 6.92 Å². The average molecular weight is 310 g/mol. The minimum atomic E-state index is -0.171. The third-order valence-electron chi connectivity index (χ3n) is 4.20. The van der Waals surface area contributed by atoms with Gasteiger partial charge in [-0.2, -0.15) is 0 Å². The molecule has 0 bridgehead atoms. The minimum absolute atomic E-state index is 0.0397. The normalized spacial score (nSPS) is 15.0. The second-order valence-corrected chi connectivity index (χ2v) is 5.79. The Hall–Kier alpha value is -2.29. The van der Waals surface area contributed by atoms with E-state index in [4.69, 9.17) is 0 Å². The van der Waals surface area contributed by atoms with Gasteiger partial charge in [0, 0.05) is 28.7 Å². The van der Waals surface area contributed by atoms with Crippen molar-refractivity contribution >= 4 is 17.3 Å². The van der Waals surface area contributed by atoms with Crippen molar-refractivity contribution < 1.29 is 14.4 Å². The molecule has 0 N–H and O–H groups in total. The Morgan fingerprint density at radius 1 is 1.04 bits per heavy atom. The van der Waals surface area contributed by atoms with Gasteiger partial charge < -0.3 is 0 Å².